The summed E-state index contributed by atoms with van der Waals surface area (Å²) in [5, 5.41) is 11.3. The summed E-state index contributed by atoms with van der Waals surface area (Å²) in [7, 11) is 0. The monoisotopic (exact) mass is 402 g/mol. The van der Waals surface area contributed by atoms with Crippen LogP contribution in [0.3, 0.4) is 0 Å². The van der Waals surface area contributed by atoms with Crippen molar-refractivity contribution in [2.45, 2.75) is 33.2 Å². The summed E-state index contributed by atoms with van der Waals surface area (Å²) in [6.45, 7) is 4.66. The van der Waals surface area contributed by atoms with Gasteiger partial charge in [-0.1, -0.05) is 23.4 Å². The number of nitrogens with one attached hydrogen (secondary N) is 1. The third kappa shape index (κ3) is 4.78. The Morgan fingerprint density at radius 1 is 1.13 bits per heavy atom. The van der Waals surface area contributed by atoms with Crippen molar-refractivity contribution < 1.29 is 9.32 Å². The van der Waals surface area contributed by atoms with Crippen molar-refractivity contribution in [3.05, 3.63) is 77.6 Å². The van der Waals surface area contributed by atoms with Crippen LogP contribution in [0.1, 0.15) is 29.3 Å². The molecule has 4 rings (SSSR count). The van der Waals surface area contributed by atoms with E-state index in [1.165, 1.54) is 0 Å². The largest absolute Gasteiger partial charge is 0.339 e. The topological polar surface area (TPSA) is 98.7 Å². The Bertz CT molecular complexity index is 1150. The van der Waals surface area contributed by atoms with E-state index in [4.69, 9.17) is 4.52 Å². The molecule has 3 aromatic heterocycles. The van der Waals surface area contributed by atoms with Crippen molar-refractivity contribution >= 4 is 11.6 Å². The zero-order valence-electron chi connectivity index (χ0n) is 16.9. The van der Waals surface area contributed by atoms with Gasteiger partial charge in [0.1, 0.15) is 5.69 Å². The maximum atomic E-state index is 12.4. The van der Waals surface area contributed by atoms with Crippen LogP contribution < -0.4 is 5.32 Å². The summed E-state index contributed by atoms with van der Waals surface area (Å²) in [6, 6.07) is 15.3. The van der Waals surface area contributed by atoms with Gasteiger partial charge in [-0.25, -0.2) is 0 Å². The van der Waals surface area contributed by atoms with Gasteiger partial charge in [0.25, 0.3) is 0 Å². The molecule has 1 aromatic carbocycles. The van der Waals surface area contributed by atoms with Crippen LogP contribution in [-0.4, -0.2) is 30.8 Å². The number of hydrogen-bond donors (Lipinski definition) is 1. The molecule has 0 fully saturated rings. The first-order valence-electron chi connectivity index (χ1n) is 9.70. The number of rotatable bonds is 7. The summed E-state index contributed by atoms with van der Waals surface area (Å²) in [5.74, 6) is 0.711. The Labute approximate surface area is 174 Å². The van der Waals surface area contributed by atoms with E-state index in [0.717, 1.165) is 22.6 Å². The predicted octanol–water partition coefficient (Wildman–Crippen LogP) is 3.56. The fourth-order valence-corrected chi connectivity index (χ4v) is 3.15. The molecule has 4 aromatic rings. The lowest BCUT2D eigenvalue weighted by atomic mass is 10.2. The zero-order valence-corrected chi connectivity index (χ0v) is 16.9. The van der Waals surface area contributed by atoms with Gasteiger partial charge in [0.15, 0.2) is 0 Å². The molecule has 0 aliphatic heterocycles. The third-order valence-corrected chi connectivity index (χ3v) is 4.57. The minimum absolute atomic E-state index is 0.115. The van der Waals surface area contributed by atoms with E-state index in [2.05, 4.69) is 25.5 Å². The van der Waals surface area contributed by atoms with Crippen molar-refractivity contribution in [2.75, 3.05) is 5.32 Å². The lowest BCUT2D eigenvalue weighted by molar-refractivity contribution is -0.116. The summed E-state index contributed by atoms with van der Waals surface area (Å²) < 4.78 is 7.18. The molecule has 0 radical (unpaired) electrons. The average Bonchev–Trinajstić information content (AvgIpc) is 3.33. The van der Waals surface area contributed by atoms with E-state index in [9.17, 15) is 4.79 Å². The van der Waals surface area contributed by atoms with Gasteiger partial charge in [0, 0.05) is 30.4 Å². The highest BCUT2D eigenvalue weighted by Gasteiger charge is 2.12. The molecular formula is C22H22N6O2. The van der Waals surface area contributed by atoms with Crippen molar-refractivity contribution in [1.82, 2.24) is 24.9 Å². The highest BCUT2D eigenvalue weighted by molar-refractivity contribution is 5.90. The maximum Gasteiger partial charge on any atom is 0.227 e. The van der Waals surface area contributed by atoms with Gasteiger partial charge in [-0.2, -0.15) is 10.1 Å². The Morgan fingerprint density at radius 3 is 2.80 bits per heavy atom. The van der Waals surface area contributed by atoms with Crippen molar-refractivity contribution in [2.24, 2.45) is 0 Å². The molecule has 0 bridgehead atoms. The quantitative estimate of drug-likeness (QED) is 0.507. The van der Waals surface area contributed by atoms with Gasteiger partial charge in [-0.3, -0.25) is 14.5 Å². The van der Waals surface area contributed by atoms with E-state index in [0.29, 0.717) is 30.4 Å². The normalized spacial score (nSPS) is 10.9. The highest BCUT2D eigenvalue weighted by atomic mass is 16.5. The van der Waals surface area contributed by atoms with Crippen LogP contribution in [0.5, 0.6) is 0 Å². The van der Waals surface area contributed by atoms with E-state index in [1.54, 1.807) is 12.3 Å². The van der Waals surface area contributed by atoms with Crippen LogP contribution in [0.25, 0.3) is 11.5 Å². The second kappa shape index (κ2) is 8.69. The van der Waals surface area contributed by atoms with Crippen LogP contribution in [-0.2, 0) is 17.8 Å². The van der Waals surface area contributed by atoms with Gasteiger partial charge in [-0.05, 0) is 49.7 Å². The molecule has 8 nitrogen and oxygen atoms in total. The Kier molecular flexibility index (Phi) is 5.65. The van der Waals surface area contributed by atoms with Crippen LogP contribution >= 0.6 is 0 Å². The number of hydrogen-bond acceptors (Lipinski definition) is 6. The molecule has 30 heavy (non-hydrogen) atoms. The van der Waals surface area contributed by atoms with E-state index < -0.39 is 0 Å². The summed E-state index contributed by atoms with van der Waals surface area (Å²) >= 11 is 0. The van der Waals surface area contributed by atoms with Gasteiger partial charge < -0.3 is 9.84 Å². The van der Waals surface area contributed by atoms with E-state index >= 15 is 0 Å². The first-order chi connectivity index (χ1) is 14.6. The van der Waals surface area contributed by atoms with E-state index in [-0.39, 0.29) is 12.3 Å². The molecule has 152 valence electrons. The van der Waals surface area contributed by atoms with Crippen LogP contribution in [0.2, 0.25) is 0 Å². The first kappa shape index (κ1) is 19.5. The number of benzene rings is 1. The fourth-order valence-electron chi connectivity index (χ4n) is 3.15. The number of aryl methyl sites for hydroxylation is 3. The summed E-state index contributed by atoms with van der Waals surface area (Å²) in [5.41, 5.74) is 4.54. The molecule has 0 aliphatic rings. The minimum atomic E-state index is -0.115. The lowest BCUT2D eigenvalue weighted by Gasteiger charge is -2.08. The van der Waals surface area contributed by atoms with Crippen LogP contribution in [0.4, 0.5) is 5.69 Å². The highest BCUT2D eigenvalue weighted by Crippen LogP contribution is 2.15. The van der Waals surface area contributed by atoms with Gasteiger partial charge in [-0.15, -0.1) is 0 Å². The third-order valence-electron chi connectivity index (χ3n) is 4.57. The standard InChI is InChI=1S/C22H22N6O2/c1-15-12-16(2)28(26-15)14-17-6-5-7-18(13-17)24-20(29)9-10-21-25-22(27-30-21)19-8-3-4-11-23-19/h3-8,11-13H,9-10,14H2,1-2H3,(H,24,29). The molecule has 0 unspecified atom stereocenters. The number of pyridine rings is 1. The molecule has 1 amide bonds. The molecule has 0 saturated heterocycles. The Balaban J connectivity index is 1.33. The van der Waals surface area contributed by atoms with Crippen molar-refractivity contribution in [1.29, 1.82) is 0 Å². The SMILES string of the molecule is Cc1cc(C)n(Cc2cccc(NC(=O)CCc3nc(-c4ccccn4)no3)c2)n1. The molecule has 8 heteroatoms. The number of nitrogens with zero attached hydrogens (tertiary/aromatic N) is 5. The van der Waals surface area contributed by atoms with Crippen LogP contribution in [0.15, 0.2) is 59.3 Å². The van der Waals surface area contributed by atoms with Gasteiger partial charge in [0.05, 0.1) is 12.2 Å². The molecule has 3 heterocycles. The molecule has 1 N–H and O–H groups in total. The number of carbonyl (C=O) groups is 1. The van der Waals surface area contributed by atoms with Crippen molar-refractivity contribution in [3.8, 4) is 11.5 Å². The molecule has 0 saturated carbocycles. The number of aromatic nitrogens is 5. The Hall–Kier alpha value is -3.81. The van der Waals surface area contributed by atoms with Crippen LogP contribution in [0, 0.1) is 13.8 Å². The minimum Gasteiger partial charge on any atom is -0.339 e. The summed E-state index contributed by atoms with van der Waals surface area (Å²) in [4.78, 5) is 20.8. The molecule has 0 spiro atoms. The zero-order chi connectivity index (χ0) is 20.9. The molecule has 0 aliphatic carbocycles. The lowest BCUT2D eigenvalue weighted by Crippen LogP contribution is -2.13. The first-order valence-corrected chi connectivity index (χ1v) is 9.70. The number of carbonyl (C=O) groups excluding carboxylic acids is 1. The predicted molar refractivity (Wildman–Crippen MR) is 112 cm³/mol. The van der Waals surface area contributed by atoms with Crippen molar-refractivity contribution in [3.63, 3.8) is 0 Å². The van der Waals surface area contributed by atoms with Gasteiger partial charge >= 0.3 is 0 Å². The van der Waals surface area contributed by atoms with Gasteiger partial charge in [0.2, 0.25) is 17.6 Å². The second-order valence-electron chi connectivity index (χ2n) is 7.06. The number of amides is 1. The second-order valence-corrected chi connectivity index (χ2v) is 7.06. The number of anilines is 1. The Morgan fingerprint density at radius 2 is 2.03 bits per heavy atom. The molecular weight excluding hydrogens is 380 g/mol. The molecule has 0 atom stereocenters. The fraction of sp³-hybridized carbons (Fsp3) is 0.227. The maximum absolute atomic E-state index is 12.4. The average molecular weight is 402 g/mol. The van der Waals surface area contributed by atoms with E-state index in [1.807, 2.05) is 61.0 Å². The summed E-state index contributed by atoms with van der Waals surface area (Å²) in [6.07, 6.45) is 2.27. The smallest absolute Gasteiger partial charge is 0.227 e.